The molecule has 0 aliphatic rings. The maximum atomic E-state index is 13.9. The largest absolute Gasteiger partial charge is 0.493 e. The second-order valence-electron chi connectivity index (χ2n) is 7.90. The van der Waals surface area contributed by atoms with E-state index in [-0.39, 0.29) is 11.4 Å². The number of para-hydroxylation sites is 1. The van der Waals surface area contributed by atoms with Crippen molar-refractivity contribution in [3.8, 4) is 28.7 Å². The lowest BCUT2D eigenvalue weighted by molar-refractivity contribution is 0.262. The third-order valence-corrected chi connectivity index (χ3v) is 5.83. The predicted octanol–water partition coefficient (Wildman–Crippen LogP) is 6.45. The summed E-state index contributed by atoms with van der Waals surface area (Å²) in [6.07, 6.45) is 1.66. The topological polar surface area (TPSA) is 90.9 Å². The summed E-state index contributed by atoms with van der Waals surface area (Å²) in [6, 6.07) is 12.7. The number of pyridine rings is 1. The Morgan fingerprint density at radius 1 is 0.806 bits per heavy atom. The molecule has 9 heteroatoms. The maximum absolute atomic E-state index is 13.9. The summed E-state index contributed by atoms with van der Waals surface area (Å²) in [5.41, 5.74) is 3.15. The van der Waals surface area contributed by atoms with Gasteiger partial charge >= 0.3 is 6.03 Å². The highest BCUT2D eigenvalue weighted by atomic mass is 19.1. The Morgan fingerprint density at radius 3 is 2.25 bits per heavy atom. The average molecular weight is 492 g/mol. The number of methoxy groups -OCH3 is 3. The molecule has 186 valence electrons. The van der Waals surface area contributed by atoms with Gasteiger partial charge in [0.2, 0.25) is 0 Å². The number of aromatic nitrogens is 1. The zero-order valence-electron chi connectivity index (χ0n) is 20.6. The number of nitrogens with zero attached hydrogens (tertiary/aromatic N) is 1. The van der Waals surface area contributed by atoms with E-state index in [4.69, 9.17) is 18.9 Å². The molecule has 4 aromatic rings. The van der Waals surface area contributed by atoms with Crippen LogP contribution in [-0.2, 0) is 0 Å². The minimum atomic E-state index is -0.566. The number of ether oxygens (including phenoxy) is 4. The van der Waals surface area contributed by atoms with E-state index in [1.165, 1.54) is 19.2 Å². The lowest BCUT2D eigenvalue weighted by Gasteiger charge is -2.17. The van der Waals surface area contributed by atoms with Gasteiger partial charge in [-0.1, -0.05) is 6.07 Å². The second-order valence-corrected chi connectivity index (χ2v) is 7.90. The van der Waals surface area contributed by atoms with Crippen molar-refractivity contribution in [2.24, 2.45) is 0 Å². The van der Waals surface area contributed by atoms with Crippen LogP contribution in [0.25, 0.3) is 10.9 Å². The van der Waals surface area contributed by atoms with Crippen LogP contribution in [0.4, 0.5) is 20.6 Å². The molecule has 0 radical (unpaired) electrons. The molecule has 0 bridgehead atoms. The second kappa shape index (κ2) is 10.4. The molecule has 4 rings (SSSR count). The normalized spacial score (nSPS) is 10.6. The summed E-state index contributed by atoms with van der Waals surface area (Å²) in [4.78, 5) is 17.0. The molecular formula is C27H26FN3O5. The number of fused-ring (bicyclic) bond motifs is 1. The molecule has 3 aromatic carbocycles. The molecular weight excluding hydrogens is 465 g/mol. The number of hydrogen-bond donors (Lipinski definition) is 2. The number of halogens is 1. The first kappa shape index (κ1) is 24.6. The number of rotatable bonds is 7. The van der Waals surface area contributed by atoms with Gasteiger partial charge in [0.05, 0.1) is 32.5 Å². The molecule has 2 amide bonds. The van der Waals surface area contributed by atoms with Gasteiger partial charge < -0.3 is 29.6 Å². The molecule has 8 nitrogen and oxygen atoms in total. The lowest BCUT2D eigenvalue weighted by atomic mass is 10.1. The predicted molar refractivity (Wildman–Crippen MR) is 136 cm³/mol. The average Bonchev–Trinajstić information content (AvgIpc) is 2.88. The van der Waals surface area contributed by atoms with Gasteiger partial charge in [-0.25, -0.2) is 9.18 Å². The Bertz CT molecular complexity index is 1440. The van der Waals surface area contributed by atoms with Crippen molar-refractivity contribution in [1.82, 2.24) is 4.98 Å². The van der Waals surface area contributed by atoms with E-state index in [1.54, 1.807) is 50.7 Å². The highest BCUT2D eigenvalue weighted by Gasteiger charge is 2.16. The summed E-state index contributed by atoms with van der Waals surface area (Å²) < 4.78 is 36.0. The van der Waals surface area contributed by atoms with Gasteiger partial charge in [-0.3, -0.25) is 4.98 Å². The van der Waals surface area contributed by atoms with Gasteiger partial charge in [0.15, 0.2) is 23.1 Å². The van der Waals surface area contributed by atoms with Crippen LogP contribution in [0.3, 0.4) is 0 Å². The van der Waals surface area contributed by atoms with Crippen LogP contribution in [0, 0.1) is 19.7 Å². The van der Waals surface area contributed by atoms with E-state index < -0.39 is 11.8 Å². The van der Waals surface area contributed by atoms with E-state index in [9.17, 15) is 9.18 Å². The zero-order chi connectivity index (χ0) is 25.8. The first-order chi connectivity index (χ1) is 17.4. The Balaban J connectivity index is 1.58. The molecule has 0 unspecified atom stereocenters. The van der Waals surface area contributed by atoms with Crippen LogP contribution in [0.5, 0.6) is 28.7 Å². The molecule has 0 atom stereocenters. The van der Waals surface area contributed by atoms with E-state index >= 15 is 0 Å². The van der Waals surface area contributed by atoms with Crippen LogP contribution < -0.4 is 29.6 Å². The third kappa shape index (κ3) is 4.81. The quantitative estimate of drug-likeness (QED) is 0.309. The van der Waals surface area contributed by atoms with Gasteiger partial charge in [-0.15, -0.1) is 0 Å². The van der Waals surface area contributed by atoms with Gasteiger partial charge in [-0.05, 0) is 61.4 Å². The van der Waals surface area contributed by atoms with Crippen molar-refractivity contribution in [1.29, 1.82) is 0 Å². The van der Waals surface area contributed by atoms with Crippen molar-refractivity contribution < 1.29 is 28.1 Å². The smallest absolute Gasteiger partial charge is 0.323 e. The van der Waals surface area contributed by atoms with Gasteiger partial charge in [0.1, 0.15) is 11.5 Å². The number of benzene rings is 3. The Labute approximate surface area is 208 Å². The van der Waals surface area contributed by atoms with Crippen LogP contribution in [-0.4, -0.2) is 32.3 Å². The minimum absolute atomic E-state index is 0.0388. The molecule has 1 aromatic heterocycles. The minimum Gasteiger partial charge on any atom is -0.493 e. The number of anilines is 2. The number of nitrogens with one attached hydrogen (secondary N) is 2. The van der Waals surface area contributed by atoms with Crippen molar-refractivity contribution >= 4 is 28.3 Å². The van der Waals surface area contributed by atoms with E-state index in [1.807, 2.05) is 19.9 Å². The lowest BCUT2D eigenvalue weighted by Crippen LogP contribution is -2.20. The monoisotopic (exact) mass is 491 g/mol. The first-order valence-corrected chi connectivity index (χ1v) is 11.1. The van der Waals surface area contributed by atoms with Crippen LogP contribution >= 0.6 is 0 Å². The number of carbonyl (C=O) groups excluding carboxylic acids is 1. The summed E-state index contributed by atoms with van der Waals surface area (Å²) in [7, 11) is 4.48. The molecule has 1 heterocycles. The standard InChI is InChI=1S/C27H26FN3O5/c1-15-16(2)22(36-23-11-12-29-21-14-25(34-4)24(33-3)13-17(21)23)10-9-19(15)30-27(32)31-20-8-6-7-18(28)26(20)35-5/h6-14H,1-5H3,(H2,30,31,32). The summed E-state index contributed by atoms with van der Waals surface area (Å²) in [5.74, 6) is 1.75. The van der Waals surface area contributed by atoms with Crippen LogP contribution in [0.15, 0.2) is 54.7 Å². The number of carbonyl (C=O) groups is 1. The summed E-state index contributed by atoms with van der Waals surface area (Å²) >= 11 is 0. The molecule has 0 saturated carbocycles. The highest BCUT2D eigenvalue weighted by Crippen LogP contribution is 2.38. The molecule has 0 fully saturated rings. The fourth-order valence-corrected chi connectivity index (χ4v) is 3.79. The summed E-state index contributed by atoms with van der Waals surface area (Å²) in [5, 5.41) is 6.17. The Kier molecular flexibility index (Phi) is 7.10. The fourth-order valence-electron chi connectivity index (χ4n) is 3.79. The molecule has 0 saturated heterocycles. The molecule has 0 aliphatic heterocycles. The van der Waals surface area contributed by atoms with E-state index in [2.05, 4.69) is 15.6 Å². The number of amides is 2. The Hall–Kier alpha value is -4.53. The highest BCUT2D eigenvalue weighted by molar-refractivity contribution is 6.01. The molecule has 2 N–H and O–H groups in total. The van der Waals surface area contributed by atoms with E-state index in [0.29, 0.717) is 34.2 Å². The van der Waals surface area contributed by atoms with Gasteiger partial charge in [0.25, 0.3) is 0 Å². The first-order valence-electron chi connectivity index (χ1n) is 11.1. The Morgan fingerprint density at radius 2 is 1.53 bits per heavy atom. The number of hydrogen-bond acceptors (Lipinski definition) is 6. The van der Waals surface area contributed by atoms with Crippen molar-refractivity contribution in [3.05, 3.63) is 71.7 Å². The van der Waals surface area contributed by atoms with Crippen LogP contribution in [0.1, 0.15) is 11.1 Å². The SMILES string of the molecule is COc1cc2nccc(Oc3ccc(NC(=O)Nc4cccc(F)c4OC)c(C)c3C)c2cc1OC. The zero-order valence-corrected chi connectivity index (χ0v) is 20.6. The van der Waals surface area contributed by atoms with Crippen molar-refractivity contribution in [2.45, 2.75) is 13.8 Å². The molecule has 36 heavy (non-hydrogen) atoms. The summed E-state index contributed by atoms with van der Waals surface area (Å²) in [6.45, 7) is 3.77. The van der Waals surface area contributed by atoms with Crippen molar-refractivity contribution in [3.63, 3.8) is 0 Å². The van der Waals surface area contributed by atoms with Gasteiger partial charge in [0, 0.05) is 23.3 Å². The van der Waals surface area contributed by atoms with Gasteiger partial charge in [-0.2, -0.15) is 0 Å². The molecule has 0 aliphatic carbocycles. The van der Waals surface area contributed by atoms with E-state index in [0.717, 1.165) is 16.5 Å². The molecule has 0 spiro atoms. The maximum Gasteiger partial charge on any atom is 0.323 e. The third-order valence-electron chi connectivity index (χ3n) is 5.83. The van der Waals surface area contributed by atoms with Crippen LogP contribution in [0.2, 0.25) is 0 Å². The van der Waals surface area contributed by atoms with Crippen molar-refractivity contribution in [2.75, 3.05) is 32.0 Å². The number of urea groups is 1. The fraction of sp³-hybridized carbons (Fsp3) is 0.185.